The Hall–Kier alpha value is -3.73. The van der Waals surface area contributed by atoms with E-state index in [9.17, 15) is 32.7 Å². The molecule has 0 aliphatic rings. The second-order valence-electron chi connectivity index (χ2n) is 8.44. The lowest BCUT2D eigenvalue weighted by Crippen LogP contribution is -2.50. The fourth-order valence-corrected chi connectivity index (χ4v) is 3.89. The molecule has 8 nitrogen and oxygen atoms in total. The highest BCUT2D eigenvalue weighted by Gasteiger charge is 2.32. The Balaban J connectivity index is 2.08. The highest BCUT2D eigenvalue weighted by molar-refractivity contribution is 6.33. The fraction of sp³-hybridized carbons (Fsp3) is 0.292. The number of carboxylic acids is 1. The Morgan fingerprint density at radius 3 is 2.25 bits per heavy atom. The molecule has 0 spiro atoms. The van der Waals surface area contributed by atoms with E-state index in [0.29, 0.717) is 22.2 Å². The van der Waals surface area contributed by atoms with Crippen molar-refractivity contribution in [3.63, 3.8) is 0 Å². The Morgan fingerprint density at radius 1 is 1.11 bits per heavy atom. The molecule has 0 bridgehead atoms. The number of halogens is 4. The van der Waals surface area contributed by atoms with E-state index in [-0.39, 0.29) is 22.8 Å². The molecule has 0 saturated carbocycles. The molecule has 0 radical (unpaired) electrons. The van der Waals surface area contributed by atoms with Crippen LogP contribution in [0.4, 0.5) is 13.2 Å². The molecule has 2 N–H and O–H groups in total. The number of aromatic nitrogens is 1. The zero-order valence-corrected chi connectivity index (χ0v) is 20.4. The minimum Gasteiger partial charge on any atom is -0.495 e. The van der Waals surface area contributed by atoms with E-state index in [4.69, 9.17) is 16.3 Å². The molecule has 0 saturated heterocycles. The van der Waals surface area contributed by atoms with Gasteiger partial charge in [-0.25, -0.2) is 4.79 Å². The van der Waals surface area contributed by atoms with Crippen molar-refractivity contribution >= 4 is 40.3 Å². The first-order valence-electron chi connectivity index (χ1n) is 10.5. The van der Waals surface area contributed by atoms with Gasteiger partial charge in [0.25, 0.3) is 5.91 Å². The van der Waals surface area contributed by atoms with Crippen LogP contribution in [0.25, 0.3) is 10.9 Å². The number of methoxy groups -OCH3 is 1. The van der Waals surface area contributed by atoms with Crippen LogP contribution in [0, 0.1) is 6.92 Å². The number of hydrogen-bond acceptors (Lipinski definition) is 5. The summed E-state index contributed by atoms with van der Waals surface area (Å²) in [6.07, 6.45) is -5.14. The van der Waals surface area contributed by atoms with Crippen LogP contribution in [0.3, 0.4) is 0 Å². The summed E-state index contributed by atoms with van der Waals surface area (Å²) in [4.78, 5) is 37.5. The number of ether oxygens (including phenoxy) is 2. The number of nitrogens with zero attached hydrogens (tertiary/aromatic N) is 1. The summed E-state index contributed by atoms with van der Waals surface area (Å²) < 4.78 is 47.8. The Kier molecular flexibility index (Phi) is 7.26. The van der Waals surface area contributed by atoms with Gasteiger partial charge in [0, 0.05) is 16.6 Å². The Morgan fingerprint density at radius 2 is 1.72 bits per heavy atom. The van der Waals surface area contributed by atoms with E-state index >= 15 is 0 Å². The first kappa shape index (κ1) is 26.9. The molecule has 36 heavy (non-hydrogen) atoms. The lowest BCUT2D eigenvalue weighted by atomic mass is 10.0. The molecular formula is C24H22ClF3N2O6. The van der Waals surface area contributed by atoms with Crippen molar-refractivity contribution in [1.29, 1.82) is 0 Å². The van der Waals surface area contributed by atoms with Crippen molar-refractivity contribution in [2.24, 2.45) is 0 Å². The number of alkyl halides is 3. The predicted molar refractivity (Wildman–Crippen MR) is 125 cm³/mol. The topological polar surface area (TPSA) is 107 Å². The standard InChI is InChI=1S/C24H22ClF3N2O6/c1-12-15(10-20(31)29-23(2,3)22(33)34)16-9-19(35-4)17(25)11-18(16)30(12)21(32)13-5-7-14(8-6-13)36-24(26,27)28/h5-9,11H,10H2,1-4H3,(H,29,31)(H,33,34). The van der Waals surface area contributed by atoms with E-state index in [1.807, 2.05) is 0 Å². The first-order chi connectivity index (χ1) is 16.6. The van der Waals surface area contributed by atoms with Gasteiger partial charge in [-0.05, 0) is 62.7 Å². The molecule has 3 aromatic rings. The summed E-state index contributed by atoms with van der Waals surface area (Å²) in [5.74, 6) is -2.61. The van der Waals surface area contributed by atoms with Gasteiger partial charge in [0.05, 0.1) is 24.1 Å². The zero-order valence-electron chi connectivity index (χ0n) is 19.6. The minimum absolute atomic E-state index is 0.0551. The van der Waals surface area contributed by atoms with Gasteiger partial charge >= 0.3 is 12.3 Å². The molecule has 0 aliphatic carbocycles. The molecule has 0 atom stereocenters. The minimum atomic E-state index is -4.88. The third-order valence-corrected chi connectivity index (χ3v) is 5.77. The molecule has 3 rings (SSSR count). The fourth-order valence-electron chi connectivity index (χ4n) is 3.66. The van der Waals surface area contributed by atoms with Crippen molar-refractivity contribution in [2.75, 3.05) is 7.11 Å². The van der Waals surface area contributed by atoms with Crippen molar-refractivity contribution in [2.45, 2.75) is 39.1 Å². The summed E-state index contributed by atoms with van der Waals surface area (Å²) in [5, 5.41) is 12.4. The number of fused-ring (bicyclic) bond motifs is 1. The lowest BCUT2D eigenvalue weighted by Gasteiger charge is -2.21. The average Bonchev–Trinajstić information content (AvgIpc) is 3.01. The van der Waals surface area contributed by atoms with Crippen LogP contribution in [0.5, 0.6) is 11.5 Å². The van der Waals surface area contributed by atoms with E-state index < -0.39 is 35.4 Å². The molecule has 192 valence electrons. The maximum absolute atomic E-state index is 13.4. The lowest BCUT2D eigenvalue weighted by molar-refractivity contribution is -0.274. The molecule has 0 aliphatic heterocycles. The summed E-state index contributed by atoms with van der Waals surface area (Å²) in [7, 11) is 1.40. The van der Waals surface area contributed by atoms with Crippen LogP contribution in [0.1, 0.15) is 35.5 Å². The molecule has 0 fully saturated rings. The van der Waals surface area contributed by atoms with Crippen molar-refractivity contribution in [3.05, 3.63) is 58.2 Å². The zero-order chi connectivity index (χ0) is 27.0. The van der Waals surface area contributed by atoms with Crippen molar-refractivity contribution in [1.82, 2.24) is 9.88 Å². The smallest absolute Gasteiger partial charge is 0.495 e. The average molecular weight is 527 g/mol. The summed E-state index contributed by atoms with van der Waals surface area (Å²) in [5.41, 5.74) is -0.360. The van der Waals surface area contributed by atoms with Crippen LogP contribution >= 0.6 is 11.6 Å². The van der Waals surface area contributed by atoms with E-state index in [2.05, 4.69) is 10.1 Å². The maximum Gasteiger partial charge on any atom is 0.573 e. The number of carbonyl (C=O) groups excluding carboxylic acids is 2. The van der Waals surface area contributed by atoms with Crippen molar-refractivity contribution < 1.29 is 42.1 Å². The quantitative estimate of drug-likeness (QED) is 0.461. The number of nitrogens with one attached hydrogen (secondary N) is 1. The number of carboxylic acid groups (broad SMARTS) is 1. The second kappa shape index (κ2) is 9.73. The molecule has 1 heterocycles. The summed E-state index contributed by atoms with van der Waals surface area (Å²) in [6.45, 7) is 4.26. The van der Waals surface area contributed by atoms with Gasteiger partial charge in [0.15, 0.2) is 0 Å². The first-order valence-corrected chi connectivity index (χ1v) is 10.8. The molecule has 1 amide bonds. The maximum atomic E-state index is 13.4. The SMILES string of the molecule is COc1cc2c(CC(=O)NC(C)(C)C(=O)O)c(C)n(C(=O)c3ccc(OC(F)(F)F)cc3)c2cc1Cl. The summed E-state index contributed by atoms with van der Waals surface area (Å²) in [6, 6.07) is 7.42. The van der Waals surface area contributed by atoms with Gasteiger partial charge in [0.1, 0.15) is 17.0 Å². The second-order valence-corrected chi connectivity index (χ2v) is 8.84. The monoisotopic (exact) mass is 526 g/mol. The van der Waals surface area contributed by atoms with Gasteiger partial charge in [0.2, 0.25) is 5.91 Å². The summed E-state index contributed by atoms with van der Waals surface area (Å²) >= 11 is 6.28. The number of rotatable bonds is 7. The number of benzene rings is 2. The predicted octanol–water partition coefficient (Wildman–Crippen LogP) is 4.72. The Labute approximate surface area is 208 Å². The molecule has 12 heteroatoms. The van der Waals surface area contributed by atoms with Gasteiger partial charge in [-0.2, -0.15) is 0 Å². The number of hydrogen-bond donors (Lipinski definition) is 2. The van der Waals surface area contributed by atoms with Crippen LogP contribution < -0.4 is 14.8 Å². The molecule has 1 aromatic heterocycles. The van der Waals surface area contributed by atoms with Gasteiger partial charge in [-0.1, -0.05) is 11.6 Å². The van der Waals surface area contributed by atoms with E-state index in [1.165, 1.54) is 43.7 Å². The van der Waals surface area contributed by atoms with E-state index in [1.54, 1.807) is 13.0 Å². The van der Waals surface area contributed by atoms with Crippen LogP contribution in [0.2, 0.25) is 5.02 Å². The molecular weight excluding hydrogens is 505 g/mol. The van der Waals surface area contributed by atoms with Gasteiger partial charge < -0.3 is 19.9 Å². The van der Waals surface area contributed by atoms with Crippen molar-refractivity contribution in [3.8, 4) is 11.5 Å². The van der Waals surface area contributed by atoms with Crippen LogP contribution in [-0.2, 0) is 16.0 Å². The highest BCUT2D eigenvalue weighted by atomic mass is 35.5. The normalized spacial score (nSPS) is 11.9. The number of amides is 1. The number of carbonyl (C=O) groups is 3. The third kappa shape index (κ3) is 5.56. The highest BCUT2D eigenvalue weighted by Crippen LogP contribution is 2.36. The van der Waals surface area contributed by atoms with Crippen LogP contribution in [-0.4, -0.2) is 46.5 Å². The third-order valence-electron chi connectivity index (χ3n) is 5.47. The van der Waals surface area contributed by atoms with E-state index in [0.717, 1.165) is 12.1 Å². The largest absolute Gasteiger partial charge is 0.573 e. The van der Waals surface area contributed by atoms with Gasteiger partial charge in [-0.3, -0.25) is 14.2 Å². The molecule has 0 unspecified atom stereocenters. The van der Waals surface area contributed by atoms with Gasteiger partial charge in [-0.15, -0.1) is 13.2 Å². The molecule has 2 aromatic carbocycles. The number of aliphatic carboxylic acids is 1. The van der Waals surface area contributed by atoms with Crippen LogP contribution in [0.15, 0.2) is 36.4 Å². The Bertz CT molecular complexity index is 1350.